The van der Waals surface area contributed by atoms with Crippen molar-refractivity contribution >= 4 is 40.6 Å². The van der Waals surface area contributed by atoms with Crippen LogP contribution in [0.3, 0.4) is 0 Å². The summed E-state index contributed by atoms with van der Waals surface area (Å²) >= 11 is 12.0. The van der Waals surface area contributed by atoms with Gasteiger partial charge in [-0.3, -0.25) is 9.20 Å². The van der Waals surface area contributed by atoms with Crippen molar-refractivity contribution in [2.45, 2.75) is 6.92 Å². The van der Waals surface area contributed by atoms with E-state index in [1.165, 1.54) is 24.3 Å². The van der Waals surface area contributed by atoms with E-state index in [4.69, 9.17) is 23.2 Å². The molecule has 0 saturated heterocycles. The lowest BCUT2D eigenvalue weighted by atomic mass is 10.1. The van der Waals surface area contributed by atoms with Gasteiger partial charge < -0.3 is 5.32 Å². The number of carbonyl (C=O) groups is 1. The molecule has 0 fully saturated rings. The third-order valence-corrected chi connectivity index (χ3v) is 4.69. The summed E-state index contributed by atoms with van der Waals surface area (Å²) in [5, 5.41) is 3.62. The van der Waals surface area contributed by atoms with Crippen LogP contribution in [-0.4, -0.2) is 15.3 Å². The number of benzene rings is 2. The Hall–Kier alpha value is -2.89. The molecule has 28 heavy (non-hydrogen) atoms. The molecule has 0 unspecified atom stereocenters. The molecule has 0 radical (unpaired) electrons. The number of carbonyl (C=O) groups excluding carboxylic acids is 1. The molecule has 2 aromatic carbocycles. The van der Waals surface area contributed by atoms with Crippen molar-refractivity contribution in [1.82, 2.24) is 9.38 Å². The molecule has 2 aromatic heterocycles. The topological polar surface area (TPSA) is 46.4 Å². The zero-order valence-electron chi connectivity index (χ0n) is 14.7. The first-order valence-corrected chi connectivity index (χ1v) is 9.18. The van der Waals surface area contributed by atoms with Crippen molar-refractivity contribution in [1.29, 1.82) is 0 Å². The predicted octanol–water partition coefficient (Wildman–Crippen LogP) is 6.01. The van der Waals surface area contributed by atoms with Crippen LogP contribution in [0.15, 0.2) is 60.8 Å². The molecular formula is C21H14Cl2FN3O. The smallest absolute Gasteiger partial charge is 0.256 e. The minimum atomic E-state index is -0.380. The van der Waals surface area contributed by atoms with E-state index in [0.29, 0.717) is 38.3 Å². The fourth-order valence-electron chi connectivity index (χ4n) is 2.94. The van der Waals surface area contributed by atoms with Crippen molar-refractivity contribution in [3.8, 4) is 11.3 Å². The number of aryl methyl sites for hydroxylation is 1. The second-order valence-electron chi connectivity index (χ2n) is 6.36. The minimum absolute atomic E-state index is 0.324. The number of rotatable bonds is 3. The number of pyridine rings is 1. The van der Waals surface area contributed by atoms with Gasteiger partial charge in [0, 0.05) is 27.4 Å². The van der Waals surface area contributed by atoms with Crippen LogP contribution < -0.4 is 5.32 Å². The highest BCUT2D eigenvalue weighted by molar-refractivity contribution is 6.35. The summed E-state index contributed by atoms with van der Waals surface area (Å²) in [7, 11) is 0. The molecule has 7 heteroatoms. The number of halogens is 3. The molecule has 140 valence electrons. The van der Waals surface area contributed by atoms with Gasteiger partial charge in [0.05, 0.1) is 0 Å². The summed E-state index contributed by atoms with van der Waals surface area (Å²) in [6.07, 6.45) is 1.82. The molecule has 0 atom stereocenters. The van der Waals surface area contributed by atoms with E-state index in [0.717, 1.165) is 5.56 Å². The van der Waals surface area contributed by atoms with Crippen LogP contribution in [0.1, 0.15) is 15.9 Å². The lowest BCUT2D eigenvalue weighted by Crippen LogP contribution is -2.14. The molecule has 2 heterocycles. The lowest BCUT2D eigenvalue weighted by molar-refractivity contribution is 0.102. The van der Waals surface area contributed by atoms with Gasteiger partial charge in [0.1, 0.15) is 23.0 Å². The number of hydrogen-bond donors (Lipinski definition) is 1. The first kappa shape index (κ1) is 18.5. The van der Waals surface area contributed by atoms with Crippen LogP contribution in [0, 0.1) is 12.7 Å². The number of imidazole rings is 1. The van der Waals surface area contributed by atoms with E-state index >= 15 is 0 Å². The Morgan fingerprint density at radius 3 is 2.39 bits per heavy atom. The molecule has 4 nitrogen and oxygen atoms in total. The van der Waals surface area contributed by atoms with Gasteiger partial charge in [-0.2, -0.15) is 0 Å². The Kier molecular flexibility index (Phi) is 4.79. The molecule has 4 aromatic rings. The predicted molar refractivity (Wildman–Crippen MR) is 110 cm³/mol. The number of nitrogens with zero attached hydrogens (tertiary/aromatic N) is 2. The number of fused-ring (bicyclic) bond motifs is 1. The van der Waals surface area contributed by atoms with Gasteiger partial charge in [0.25, 0.3) is 5.91 Å². The average Bonchev–Trinajstić information content (AvgIpc) is 2.99. The molecule has 0 aliphatic rings. The number of hydrogen-bond acceptors (Lipinski definition) is 2. The first-order chi connectivity index (χ1) is 13.4. The van der Waals surface area contributed by atoms with Gasteiger partial charge in [-0.1, -0.05) is 23.2 Å². The van der Waals surface area contributed by atoms with E-state index in [1.807, 2.05) is 25.3 Å². The summed E-state index contributed by atoms with van der Waals surface area (Å²) in [6, 6.07) is 14.4. The minimum Gasteiger partial charge on any atom is -0.306 e. The lowest BCUT2D eigenvalue weighted by Gasteiger charge is -2.09. The molecular weight excluding hydrogens is 400 g/mol. The SMILES string of the molecule is Cc1ccn2c(NC(=O)c3cc(Cl)cc(Cl)c3)c(-c3ccc(F)cc3)nc2c1. The van der Waals surface area contributed by atoms with E-state index < -0.39 is 0 Å². The van der Waals surface area contributed by atoms with Gasteiger partial charge in [-0.25, -0.2) is 9.37 Å². The fourth-order valence-corrected chi connectivity index (χ4v) is 3.47. The maximum atomic E-state index is 13.3. The van der Waals surface area contributed by atoms with Crippen LogP contribution in [0.2, 0.25) is 10.0 Å². The normalized spacial score (nSPS) is 11.0. The van der Waals surface area contributed by atoms with Crippen molar-refractivity contribution in [3.05, 3.63) is 87.8 Å². The molecule has 1 amide bonds. The van der Waals surface area contributed by atoms with Crippen LogP contribution in [0.4, 0.5) is 10.2 Å². The summed E-state index contributed by atoms with van der Waals surface area (Å²) in [5.74, 6) is -0.250. The van der Waals surface area contributed by atoms with E-state index in [9.17, 15) is 9.18 Å². The highest BCUT2D eigenvalue weighted by Gasteiger charge is 2.18. The highest BCUT2D eigenvalue weighted by atomic mass is 35.5. The van der Waals surface area contributed by atoms with Gasteiger partial charge in [-0.15, -0.1) is 0 Å². The van der Waals surface area contributed by atoms with Crippen molar-refractivity contribution in [3.63, 3.8) is 0 Å². The highest BCUT2D eigenvalue weighted by Crippen LogP contribution is 2.30. The molecule has 4 rings (SSSR count). The monoisotopic (exact) mass is 413 g/mol. The van der Waals surface area contributed by atoms with Gasteiger partial charge in [-0.05, 0) is 67.1 Å². The number of anilines is 1. The van der Waals surface area contributed by atoms with Gasteiger partial charge in [0.2, 0.25) is 0 Å². The summed E-state index contributed by atoms with van der Waals surface area (Å²) in [5.41, 5.74) is 3.24. The quantitative estimate of drug-likeness (QED) is 0.447. The standard InChI is InChI=1S/C21H14Cl2FN3O/c1-12-6-7-27-18(8-12)25-19(13-2-4-17(24)5-3-13)20(27)26-21(28)14-9-15(22)11-16(23)10-14/h2-11H,1H3,(H,26,28). The van der Waals surface area contributed by atoms with Gasteiger partial charge in [0.15, 0.2) is 0 Å². The maximum absolute atomic E-state index is 13.3. The number of nitrogens with one attached hydrogen (secondary N) is 1. The molecule has 0 saturated carbocycles. The number of amides is 1. The third-order valence-electron chi connectivity index (χ3n) is 4.26. The Labute approximate surface area is 170 Å². The average molecular weight is 414 g/mol. The molecule has 0 aliphatic carbocycles. The molecule has 0 bridgehead atoms. The largest absolute Gasteiger partial charge is 0.306 e. The molecule has 0 spiro atoms. The summed E-state index contributed by atoms with van der Waals surface area (Å²) < 4.78 is 15.1. The zero-order valence-corrected chi connectivity index (χ0v) is 16.2. The fraction of sp³-hybridized carbons (Fsp3) is 0.0476. The van der Waals surface area contributed by atoms with Crippen LogP contribution in [0.5, 0.6) is 0 Å². The molecule has 0 aliphatic heterocycles. The Bertz CT molecular complexity index is 1180. The van der Waals surface area contributed by atoms with E-state index in [2.05, 4.69) is 10.3 Å². The second-order valence-corrected chi connectivity index (χ2v) is 7.23. The Morgan fingerprint density at radius 2 is 1.71 bits per heavy atom. The summed E-state index contributed by atoms with van der Waals surface area (Å²) in [4.78, 5) is 17.5. The Morgan fingerprint density at radius 1 is 1.04 bits per heavy atom. The zero-order chi connectivity index (χ0) is 19.8. The van der Waals surface area contributed by atoms with Crippen molar-refractivity contribution in [2.75, 3.05) is 5.32 Å². The van der Waals surface area contributed by atoms with Crippen LogP contribution in [0.25, 0.3) is 16.9 Å². The van der Waals surface area contributed by atoms with Crippen molar-refractivity contribution < 1.29 is 9.18 Å². The first-order valence-electron chi connectivity index (χ1n) is 8.43. The Balaban J connectivity index is 1.83. The second kappa shape index (κ2) is 7.26. The van der Waals surface area contributed by atoms with Crippen LogP contribution >= 0.6 is 23.2 Å². The van der Waals surface area contributed by atoms with Gasteiger partial charge >= 0.3 is 0 Å². The summed E-state index contributed by atoms with van der Waals surface area (Å²) in [6.45, 7) is 1.96. The molecule has 1 N–H and O–H groups in total. The maximum Gasteiger partial charge on any atom is 0.256 e. The van der Waals surface area contributed by atoms with E-state index in [-0.39, 0.29) is 11.7 Å². The third kappa shape index (κ3) is 3.59. The van der Waals surface area contributed by atoms with Crippen LogP contribution in [-0.2, 0) is 0 Å². The van der Waals surface area contributed by atoms with E-state index in [1.54, 1.807) is 22.6 Å². The van der Waals surface area contributed by atoms with Crippen molar-refractivity contribution in [2.24, 2.45) is 0 Å². The number of aromatic nitrogens is 2.